The van der Waals surface area contributed by atoms with E-state index < -0.39 is 16.7 Å². The van der Waals surface area contributed by atoms with Crippen LogP contribution in [0.1, 0.15) is 33.6 Å². The SMILES string of the molecule is O=C(NNC(=O)c1cc([N+](=O)[O-])ccc1N1CCCC1)c1cccc(O)c1. The number of hydrogen-bond donors (Lipinski definition) is 3. The summed E-state index contributed by atoms with van der Waals surface area (Å²) in [7, 11) is 0. The molecule has 0 saturated carbocycles. The summed E-state index contributed by atoms with van der Waals surface area (Å²) >= 11 is 0. The maximum Gasteiger partial charge on any atom is 0.272 e. The molecule has 2 aromatic carbocycles. The molecule has 0 bridgehead atoms. The van der Waals surface area contributed by atoms with Crippen LogP contribution in [-0.2, 0) is 0 Å². The molecule has 1 heterocycles. The van der Waals surface area contributed by atoms with Crippen molar-refractivity contribution < 1.29 is 19.6 Å². The van der Waals surface area contributed by atoms with Crippen molar-refractivity contribution in [2.75, 3.05) is 18.0 Å². The number of hydrogen-bond acceptors (Lipinski definition) is 6. The molecule has 0 atom stereocenters. The van der Waals surface area contributed by atoms with Crippen LogP contribution in [0.3, 0.4) is 0 Å². The second-order valence-corrected chi connectivity index (χ2v) is 6.11. The summed E-state index contributed by atoms with van der Waals surface area (Å²) in [5.41, 5.74) is 5.18. The molecule has 0 radical (unpaired) electrons. The minimum Gasteiger partial charge on any atom is -0.508 e. The molecule has 3 rings (SSSR count). The number of carbonyl (C=O) groups excluding carboxylic acids is 2. The number of amides is 2. The average molecular weight is 370 g/mol. The zero-order valence-corrected chi connectivity index (χ0v) is 14.3. The number of nitro groups is 1. The van der Waals surface area contributed by atoms with Crippen LogP contribution in [0.25, 0.3) is 0 Å². The van der Waals surface area contributed by atoms with Gasteiger partial charge in [0.25, 0.3) is 17.5 Å². The van der Waals surface area contributed by atoms with Crippen molar-refractivity contribution in [3.8, 4) is 5.75 Å². The number of hydrazine groups is 1. The zero-order chi connectivity index (χ0) is 19.4. The summed E-state index contributed by atoms with van der Waals surface area (Å²) < 4.78 is 0. The minimum atomic E-state index is -0.658. The van der Waals surface area contributed by atoms with E-state index in [1.165, 1.54) is 36.4 Å². The molecule has 9 nitrogen and oxygen atoms in total. The van der Waals surface area contributed by atoms with E-state index in [-0.39, 0.29) is 22.6 Å². The first-order valence-corrected chi connectivity index (χ1v) is 8.39. The quantitative estimate of drug-likeness (QED) is 0.558. The van der Waals surface area contributed by atoms with Gasteiger partial charge in [-0.3, -0.25) is 30.6 Å². The number of aromatic hydroxyl groups is 1. The number of nitro benzene ring substituents is 1. The fourth-order valence-electron chi connectivity index (χ4n) is 2.95. The second kappa shape index (κ2) is 7.73. The normalized spacial score (nSPS) is 13.3. The van der Waals surface area contributed by atoms with Crippen molar-refractivity contribution in [2.45, 2.75) is 12.8 Å². The number of nitrogens with zero attached hydrogens (tertiary/aromatic N) is 2. The van der Waals surface area contributed by atoms with Crippen molar-refractivity contribution in [1.82, 2.24) is 10.9 Å². The third-order valence-corrected chi connectivity index (χ3v) is 4.28. The molecule has 3 N–H and O–H groups in total. The molecule has 0 spiro atoms. The van der Waals surface area contributed by atoms with E-state index in [0.717, 1.165) is 25.9 Å². The molecule has 9 heteroatoms. The van der Waals surface area contributed by atoms with E-state index >= 15 is 0 Å². The number of rotatable bonds is 4. The monoisotopic (exact) mass is 370 g/mol. The lowest BCUT2D eigenvalue weighted by atomic mass is 10.1. The number of phenols is 1. The van der Waals surface area contributed by atoms with Gasteiger partial charge in [-0.15, -0.1) is 0 Å². The summed E-state index contributed by atoms with van der Waals surface area (Å²) in [6.45, 7) is 1.52. The van der Waals surface area contributed by atoms with E-state index in [1.54, 1.807) is 6.07 Å². The predicted molar refractivity (Wildman–Crippen MR) is 97.6 cm³/mol. The van der Waals surface area contributed by atoms with Gasteiger partial charge in [-0.2, -0.15) is 0 Å². The summed E-state index contributed by atoms with van der Waals surface area (Å²) in [5, 5.41) is 20.5. The van der Waals surface area contributed by atoms with Crippen LogP contribution in [-0.4, -0.2) is 34.9 Å². The van der Waals surface area contributed by atoms with Gasteiger partial charge in [0.05, 0.1) is 16.2 Å². The summed E-state index contributed by atoms with van der Waals surface area (Å²) in [6.07, 6.45) is 1.96. The number of phenolic OH excluding ortho intramolecular Hbond substituents is 1. The summed E-state index contributed by atoms with van der Waals surface area (Å²) in [4.78, 5) is 37.1. The molecular formula is C18H18N4O5. The van der Waals surface area contributed by atoms with Gasteiger partial charge in [-0.05, 0) is 37.1 Å². The first-order chi connectivity index (χ1) is 13.0. The highest BCUT2D eigenvalue weighted by molar-refractivity contribution is 6.03. The third-order valence-electron chi connectivity index (χ3n) is 4.28. The highest BCUT2D eigenvalue weighted by atomic mass is 16.6. The van der Waals surface area contributed by atoms with E-state index in [9.17, 15) is 24.8 Å². The molecule has 1 aliphatic heterocycles. The van der Waals surface area contributed by atoms with Gasteiger partial charge in [-0.1, -0.05) is 6.07 Å². The van der Waals surface area contributed by atoms with E-state index in [0.29, 0.717) is 5.69 Å². The van der Waals surface area contributed by atoms with E-state index in [1.807, 2.05) is 4.90 Å². The third kappa shape index (κ3) is 4.14. The number of anilines is 1. The molecular weight excluding hydrogens is 352 g/mol. The number of carbonyl (C=O) groups is 2. The van der Waals surface area contributed by atoms with Crippen molar-refractivity contribution in [1.29, 1.82) is 0 Å². The fraction of sp³-hybridized carbons (Fsp3) is 0.222. The highest BCUT2D eigenvalue weighted by Gasteiger charge is 2.23. The molecule has 0 unspecified atom stereocenters. The first-order valence-electron chi connectivity index (χ1n) is 8.39. The Balaban J connectivity index is 1.79. The van der Waals surface area contributed by atoms with Crippen molar-refractivity contribution >= 4 is 23.2 Å². The van der Waals surface area contributed by atoms with Gasteiger partial charge in [0, 0.05) is 30.8 Å². The Morgan fingerprint density at radius 1 is 1.04 bits per heavy atom. The summed E-state index contributed by atoms with van der Waals surface area (Å²) in [5.74, 6) is -1.36. The van der Waals surface area contributed by atoms with Crippen molar-refractivity contribution in [3.05, 3.63) is 63.7 Å². The van der Waals surface area contributed by atoms with Crippen LogP contribution in [0, 0.1) is 10.1 Å². The molecule has 0 aliphatic carbocycles. The zero-order valence-electron chi connectivity index (χ0n) is 14.3. The Morgan fingerprint density at radius 2 is 1.74 bits per heavy atom. The molecule has 1 aliphatic rings. The largest absolute Gasteiger partial charge is 0.508 e. The maximum absolute atomic E-state index is 12.6. The average Bonchev–Trinajstić information content (AvgIpc) is 3.19. The van der Waals surface area contributed by atoms with Crippen molar-refractivity contribution in [3.63, 3.8) is 0 Å². The molecule has 2 amide bonds. The Bertz CT molecular complexity index is 893. The van der Waals surface area contributed by atoms with Gasteiger partial charge < -0.3 is 10.0 Å². The minimum absolute atomic E-state index is 0.0796. The first kappa shape index (κ1) is 18.2. The van der Waals surface area contributed by atoms with Crippen LogP contribution < -0.4 is 15.8 Å². The molecule has 1 fully saturated rings. The molecule has 140 valence electrons. The van der Waals surface area contributed by atoms with Crippen LogP contribution >= 0.6 is 0 Å². The molecule has 1 saturated heterocycles. The Morgan fingerprint density at radius 3 is 2.41 bits per heavy atom. The molecule has 2 aromatic rings. The van der Waals surface area contributed by atoms with Gasteiger partial charge in [0.15, 0.2) is 0 Å². The second-order valence-electron chi connectivity index (χ2n) is 6.11. The van der Waals surface area contributed by atoms with Gasteiger partial charge in [-0.25, -0.2) is 0 Å². The molecule has 27 heavy (non-hydrogen) atoms. The fourth-order valence-corrected chi connectivity index (χ4v) is 2.95. The lowest BCUT2D eigenvalue weighted by Crippen LogP contribution is -2.42. The molecule has 0 aromatic heterocycles. The highest BCUT2D eigenvalue weighted by Crippen LogP contribution is 2.28. The van der Waals surface area contributed by atoms with Gasteiger partial charge in [0.2, 0.25) is 0 Å². The van der Waals surface area contributed by atoms with E-state index in [2.05, 4.69) is 10.9 Å². The number of benzene rings is 2. The van der Waals surface area contributed by atoms with Crippen LogP contribution in [0.2, 0.25) is 0 Å². The van der Waals surface area contributed by atoms with Gasteiger partial charge >= 0.3 is 0 Å². The number of nitrogens with one attached hydrogen (secondary N) is 2. The Kier molecular flexibility index (Phi) is 5.20. The van der Waals surface area contributed by atoms with Crippen LogP contribution in [0.15, 0.2) is 42.5 Å². The van der Waals surface area contributed by atoms with Gasteiger partial charge in [0.1, 0.15) is 5.75 Å². The Hall–Kier alpha value is -3.62. The predicted octanol–water partition coefficient (Wildman–Crippen LogP) is 1.98. The van der Waals surface area contributed by atoms with E-state index in [4.69, 9.17) is 0 Å². The smallest absolute Gasteiger partial charge is 0.272 e. The van der Waals surface area contributed by atoms with Crippen molar-refractivity contribution in [2.24, 2.45) is 0 Å². The Labute approximate surface area is 154 Å². The standard InChI is InChI=1S/C18H18N4O5/c23-14-5-3-4-12(10-14)17(24)19-20-18(25)15-11-13(22(26)27)6-7-16(15)21-8-1-2-9-21/h3-7,10-11,23H,1-2,8-9H2,(H,19,24)(H,20,25). The lowest BCUT2D eigenvalue weighted by Gasteiger charge is -2.21. The topological polar surface area (TPSA) is 125 Å². The summed E-state index contributed by atoms with van der Waals surface area (Å²) in [6, 6.07) is 9.75. The maximum atomic E-state index is 12.6. The van der Waals surface area contributed by atoms with Crippen LogP contribution in [0.4, 0.5) is 11.4 Å². The number of non-ortho nitro benzene ring substituents is 1. The lowest BCUT2D eigenvalue weighted by molar-refractivity contribution is -0.384. The van der Waals surface area contributed by atoms with Crippen LogP contribution in [0.5, 0.6) is 5.75 Å².